The summed E-state index contributed by atoms with van der Waals surface area (Å²) in [4.78, 5) is 12.2. The number of amides is 1. The molecule has 20 heavy (non-hydrogen) atoms. The van der Waals surface area contributed by atoms with Gasteiger partial charge in [0, 0.05) is 42.4 Å². The van der Waals surface area contributed by atoms with Crippen molar-refractivity contribution in [2.75, 3.05) is 26.0 Å². The Kier molecular flexibility index (Phi) is 5.98. The minimum absolute atomic E-state index is 0.154. The highest BCUT2D eigenvalue weighted by Crippen LogP contribution is 2.22. The number of halogens is 1. The number of hydrogen-bond acceptors (Lipinski definition) is 4. The summed E-state index contributed by atoms with van der Waals surface area (Å²) in [6.45, 7) is 4.04. The van der Waals surface area contributed by atoms with Crippen LogP contribution in [0.15, 0.2) is 16.6 Å². The van der Waals surface area contributed by atoms with Crippen molar-refractivity contribution in [2.45, 2.75) is 25.9 Å². The molecule has 112 valence electrons. The van der Waals surface area contributed by atoms with E-state index in [0.717, 1.165) is 10.0 Å². The maximum atomic E-state index is 12.2. The maximum absolute atomic E-state index is 12.2. The van der Waals surface area contributed by atoms with Crippen LogP contribution in [0.4, 0.5) is 5.69 Å². The molecule has 1 unspecified atom stereocenters. The fourth-order valence-electron chi connectivity index (χ4n) is 1.71. The molecule has 5 nitrogen and oxygen atoms in total. The number of rotatable bonds is 6. The molecule has 0 aliphatic rings. The number of carbonyl (C=O) groups excluding carboxylic acids is 1. The molecule has 0 aliphatic carbocycles. The second-order valence-corrected chi connectivity index (χ2v) is 6.01. The van der Waals surface area contributed by atoms with Gasteiger partial charge in [0.1, 0.15) is 0 Å². The van der Waals surface area contributed by atoms with Crippen LogP contribution in [0.5, 0.6) is 0 Å². The normalized spacial score (nSPS) is 13.8. The average molecular weight is 345 g/mol. The Hall–Kier alpha value is -1.11. The minimum atomic E-state index is -1.00. The van der Waals surface area contributed by atoms with E-state index in [1.165, 1.54) is 0 Å². The first-order valence-corrected chi connectivity index (χ1v) is 7.11. The van der Waals surface area contributed by atoms with Gasteiger partial charge in [-0.15, -0.1) is 0 Å². The third kappa shape index (κ3) is 4.77. The number of ether oxygens (including phenoxy) is 1. The molecule has 1 atom stereocenters. The van der Waals surface area contributed by atoms with Crippen LogP contribution in [-0.2, 0) is 4.74 Å². The smallest absolute Gasteiger partial charge is 0.251 e. The molecular formula is C14H21BrN2O3. The lowest BCUT2D eigenvalue weighted by Crippen LogP contribution is -2.41. The molecule has 0 bridgehead atoms. The summed E-state index contributed by atoms with van der Waals surface area (Å²) in [5.41, 5.74) is 6.60. The first-order valence-electron chi connectivity index (χ1n) is 6.32. The monoisotopic (exact) mass is 344 g/mol. The lowest BCUT2D eigenvalue weighted by atomic mass is 10.0. The Morgan fingerprint density at radius 1 is 1.55 bits per heavy atom. The molecule has 1 aromatic rings. The van der Waals surface area contributed by atoms with Gasteiger partial charge in [0.15, 0.2) is 0 Å². The third-order valence-electron chi connectivity index (χ3n) is 3.13. The number of hydrogen-bond donors (Lipinski definition) is 3. The standard InChI is InChI=1S/C14H21BrN2O3/c1-9-11(6-10(15)7-12(9)16)13(18)17-8-14(2,19)4-5-20-3/h6-7,19H,4-5,8,16H2,1-3H3,(H,17,18). The van der Waals surface area contributed by atoms with Crippen LogP contribution in [-0.4, -0.2) is 36.9 Å². The number of nitrogens with two attached hydrogens (primary N) is 1. The van der Waals surface area contributed by atoms with E-state index in [0.29, 0.717) is 24.3 Å². The van der Waals surface area contributed by atoms with Gasteiger partial charge in [-0.1, -0.05) is 15.9 Å². The first kappa shape index (κ1) is 16.9. The van der Waals surface area contributed by atoms with E-state index in [1.54, 1.807) is 33.1 Å². The molecule has 0 radical (unpaired) electrons. The largest absolute Gasteiger partial charge is 0.398 e. The number of carbonyl (C=O) groups is 1. The zero-order chi connectivity index (χ0) is 15.3. The summed E-state index contributed by atoms with van der Waals surface area (Å²) in [5, 5.41) is 12.8. The van der Waals surface area contributed by atoms with E-state index in [2.05, 4.69) is 21.2 Å². The van der Waals surface area contributed by atoms with Crippen LogP contribution in [0, 0.1) is 6.92 Å². The Morgan fingerprint density at radius 2 is 2.20 bits per heavy atom. The predicted octanol–water partition coefficient (Wildman–Crippen LogP) is 1.86. The molecule has 0 aromatic heterocycles. The second-order valence-electron chi connectivity index (χ2n) is 5.09. The molecule has 0 fully saturated rings. The van der Waals surface area contributed by atoms with Gasteiger partial charge in [-0.2, -0.15) is 0 Å². The van der Waals surface area contributed by atoms with E-state index in [9.17, 15) is 9.90 Å². The molecule has 4 N–H and O–H groups in total. The van der Waals surface area contributed by atoms with Crippen molar-refractivity contribution in [3.8, 4) is 0 Å². The third-order valence-corrected chi connectivity index (χ3v) is 3.59. The Labute approximate surface area is 127 Å². The first-order chi connectivity index (χ1) is 9.26. The summed E-state index contributed by atoms with van der Waals surface area (Å²) < 4.78 is 5.67. The van der Waals surface area contributed by atoms with Crippen molar-refractivity contribution in [1.82, 2.24) is 5.32 Å². The highest BCUT2D eigenvalue weighted by atomic mass is 79.9. The van der Waals surface area contributed by atoms with Gasteiger partial charge in [-0.25, -0.2) is 0 Å². The summed E-state index contributed by atoms with van der Waals surface area (Å²) in [7, 11) is 1.57. The quantitative estimate of drug-likeness (QED) is 0.687. The highest BCUT2D eigenvalue weighted by molar-refractivity contribution is 9.10. The van der Waals surface area contributed by atoms with Crippen molar-refractivity contribution < 1.29 is 14.6 Å². The van der Waals surface area contributed by atoms with Crippen molar-refractivity contribution in [2.24, 2.45) is 0 Å². The zero-order valence-electron chi connectivity index (χ0n) is 12.0. The summed E-state index contributed by atoms with van der Waals surface area (Å²) in [6.07, 6.45) is 0.448. The predicted molar refractivity (Wildman–Crippen MR) is 82.7 cm³/mol. The Morgan fingerprint density at radius 3 is 2.80 bits per heavy atom. The fraction of sp³-hybridized carbons (Fsp3) is 0.500. The van der Waals surface area contributed by atoms with Gasteiger partial charge in [0.25, 0.3) is 5.91 Å². The van der Waals surface area contributed by atoms with Crippen LogP contribution in [0.25, 0.3) is 0 Å². The molecule has 0 saturated heterocycles. The molecule has 0 saturated carbocycles. The van der Waals surface area contributed by atoms with Crippen LogP contribution in [0.3, 0.4) is 0 Å². The van der Waals surface area contributed by atoms with Crippen molar-refractivity contribution in [3.63, 3.8) is 0 Å². The van der Waals surface area contributed by atoms with Crippen molar-refractivity contribution in [1.29, 1.82) is 0 Å². The van der Waals surface area contributed by atoms with Crippen molar-refractivity contribution >= 4 is 27.5 Å². The van der Waals surface area contributed by atoms with E-state index >= 15 is 0 Å². The van der Waals surface area contributed by atoms with E-state index in [-0.39, 0.29) is 12.5 Å². The summed E-state index contributed by atoms with van der Waals surface area (Å²) in [6, 6.07) is 3.46. The van der Waals surface area contributed by atoms with Gasteiger partial charge in [0.05, 0.1) is 5.60 Å². The fourth-order valence-corrected chi connectivity index (χ4v) is 2.19. The highest BCUT2D eigenvalue weighted by Gasteiger charge is 2.22. The Bertz CT molecular complexity index is 490. The number of benzene rings is 1. The summed E-state index contributed by atoms with van der Waals surface area (Å²) >= 11 is 3.31. The maximum Gasteiger partial charge on any atom is 0.251 e. The van der Waals surface area contributed by atoms with Gasteiger partial charge in [0.2, 0.25) is 0 Å². The van der Waals surface area contributed by atoms with Gasteiger partial charge in [-0.05, 0) is 31.5 Å². The average Bonchev–Trinajstić information content (AvgIpc) is 2.38. The lowest BCUT2D eigenvalue weighted by molar-refractivity contribution is 0.0243. The molecule has 0 heterocycles. The number of aliphatic hydroxyl groups is 1. The molecule has 1 amide bonds. The number of anilines is 1. The molecule has 0 aliphatic heterocycles. The number of nitrogen functional groups attached to an aromatic ring is 1. The SMILES string of the molecule is COCCC(C)(O)CNC(=O)c1cc(Br)cc(N)c1C. The van der Waals surface area contributed by atoms with Crippen LogP contribution in [0.1, 0.15) is 29.3 Å². The topological polar surface area (TPSA) is 84.6 Å². The van der Waals surface area contributed by atoms with Crippen molar-refractivity contribution in [3.05, 3.63) is 27.7 Å². The van der Waals surface area contributed by atoms with E-state index in [4.69, 9.17) is 10.5 Å². The number of nitrogens with one attached hydrogen (secondary N) is 1. The molecule has 1 rings (SSSR count). The molecule has 1 aromatic carbocycles. The van der Waals surface area contributed by atoms with E-state index < -0.39 is 5.60 Å². The second kappa shape index (κ2) is 7.06. The van der Waals surface area contributed by atoms with Crippen LogP contribution in [0.2, 0.25) is 0 Å². The van der Waals surface area contributed by atoms with Crippen LogP contribution >= 0.6 is 15.9 Å². The lowest BCUT2D eigenvalue weighted by Gasteiger charge is -2.23. The number of methoxy groups -OCH3 is 1. The zero-order valence-corrected chi connectivity index (χ0v) is 13.6. The minimum Gasteiger partial charge on any atom is -0.398 e. The van der Waals surface area contributed by atoms with Gasteiger partial charge >= 0.3 is 0 Å². The molecule has 0 spiro atoms. The van der Waals surface area contributed by atoms with Gasteiger partial charge < -0.3 is 20.9 Å². The van der Waals surface area contributed by atoms with E-state index in [1.807, 2.05) is 0 Å². The molecule has 6 heteroatoms. The van der Waals surface area contributed by atoms with Crippen LogP contribution < -0.4 is 11.1 Å². The molecular weight excluding hydrogens is 324 g/mol. The van der Waals surface area contributed by atoms with Gasteiger partial charge in [-0.3, -0.25) is 4.79 Å². The summed E-state index contributed by atoms with van der Waals surface area (Å²) in [5.74, 6) is -0.256. The Balaban J connectivity index is 2.73.